The van der Waals surface area contributed by atoms with Crippen LogP contribution in [0.4, 0.5) is 0 Å². The minimum absolute atomic E-state index is 0.0351. The number of furan rings is 1. The second-order valence-electron chi connectivity index (χ2n) is 6.67. The summed E-state index contributed by atoms with van der Waals surface area (Å²) in [5.74, 6) is 0.117. The third kappa shape index (κ3) is 3.96. The fourth-order valence-corrected chi connectivity index (χ4v) is 4.60. The Morgan fingerprint density at radius 3 is 2.78 bits per heavy atom. The summed E-state index contributed by atoms with van der Waals surface area (Å²) in [5.41, 5.74) is 1.23. The van der Waals surface area contributed by atoms with E-state index in [1.54, 1.807) is 19.5 Å². The summed E-state index contributed by atoms with van der Waals surface area (Å²) < 4.78 is 37.5. The number of nitrogens with zero attached hydrogens (tertiary/aromatic N) is 1. The maximum absolute atomic E-state index is 12.0. The molecule has 7 heteroatoms. The molecule has 3 heterocycles. The van der Waals surface area contributed by atoms with Crippen LogP contribution in [-0.2, 0) is 21.3 Å². The van der Waals surface area contributed by atoms with Gasteiger partial charge in [0.25, 0.3) is 0 Å². The van der Waals surface area contributed by atoms with Crippen molar-refractivity contribution in [3.63, 3.8) is 0 Å². The maximum atomic E-state index is 12.0. The van der Waals surface area contributed by atoms with Gasteiger partial charge in [0.1, 0.15) is 0 Å². The molecular formula is C16H26N2O4S. The van der Waals surface area contributed by atoms with Crippen LogP contribution in [-0.4, -0.2) is 51.4 Å². The molecule has 0 aliphatic carbocycles. The Bertz CT molecular complexity index is 592. The molecule has 0 saturated carbocycles. The van der Waals surface area contributed by atoms with Crippen molar-refractivity contribution in [3.8, 4) is 0 Å². The van der Waals surface area contributed by atoms with E-state index in [0.29, 0.717) is 6.61 Å². The molecule has 1 atom stereocenters. The molecule has 2 saturated heterocycles. The molecule has 130 valence electrons. The summed E-state index contributed by atoms with van der Waals surface area (Å²) in [5, 5.41) is 0. The van der Waals surface area contributed by atoms with Gasteiger partial charge >= 0.3 is 0 Å². The number of ether oxygens (including phenoxy) is 1. The lowest BCUT2D eigenvalue weighted by molar-refractivity contribution is -0.0445. The monoisotopic (exact) mass is 342 g/mol. The highest BCUT2D eigenvalue weighted by Crippen LogP contribution is 2.41. The van der Waals surface area contributed by atoms with Gasteiger partial charge < -0.3 is 9.15 Å². The molecule has 0 aromatic carbocycles. The second-order valence-corrected chi connectivity index (χ2v) is 8.71. The van der Waals surface area contributed by atoms with Gasteiger partial charge in [0.2, 0.25) is 10.0 Å². The van der Waals surface area contributed by atoms with Crippen LogP contribution in [0.2, 0.25) is 0 Å². The van der Waals surface area contributed by atoms with Crippen LogP contribution >= 0.6 is 0 Å². The van der Waals surface area contributed by atoms with E-state index in [1.165, 1.54) is 5.56 Å². The predicted octanol–water partition coefficient (Wildman–Crippen LogP) is 1.59. The lowest BCUT2D eigenvalue weighted by Crippen LogP contribution is -2.57. The highest BCUT2D eigenvalue weighted by atomic mass is 32.2. The van der Waals surface area contributed by atoms with Crippen LogP contribution in [0.3, 0.4) is 0 Å². The fourth-order valence-electron chi connectivity index (χ4n) is 3.68. The van der Waals surface area contributed by atoms with E-state index in [0.717, 1.165) is 45.5 Å². The number of nitrogens with one attached hydrogen (secondary N) is 1. The largest absolute Gasteiger partial charge is 0.472 e. The molecule has 6 nitrogen and oxygen atoms in total. The lowest BCUT2D eigenvalue weighted by atomic mass is 9.69. The van der Waals surface area contributed by atoms with E-state index in [2.05, 4.69) is 9.62 Å². The third-order valence-corrected chi connectivity index (χ3v) is 6.71. The minimum Gasteiger partial charge on any atom is -0.472 e. The SMILES string of the molecule is CCS(=O)(=O)NC1COCCC12CCN(Cc1ccoc1)CC2. The number of hydrogen-bond donors (Lipinski definition) is 1. The van der Waals surface area contributed by atoms with Crippen LogP contribution in [0.15, 0.2) is 23.0 Å². The number of likely N-dealkylation sites (tertiary alicyclic amines) is 1. The quantitative estimate of drug-likeness (QED) is 0.880. The first-order chi connectivity index (χ1) is 11.0. The van der Waals surface area contributed by atoms with E-state index < -0.39 is 10.0 Å². The van der Waals surface area contributed by atoms with Gasteiger partial charge in [-0.15, -0.1) is 0 Å². The highest BCUT2D eigenvalue weighted by molar-refractivity contribution is 7.89. The topological polar surface area (TPSA) is 71.8 Å². The molecule has 0 bridgehead atoms. The molecule has 23 heavy (non-hydrogen) atoms. The van der Waals surface area contributed by atoms with Gasteiger partial charge in [-0.05, 0) is 50.8 Å². The first kappa shape index (κ1) is 17.0. The van der Waals surface area contributed by atoms with Crippen molar-refractivity contribution in [2.24, 2.45) is 5.41 Å². The van der Waals surface area contributed by atoms with Crippen LogP contribution in [0.1, 0.15) is 31.7 Å². The van der Waals surface area contributed by atoms with Crippen LogP contribution < -0.4 is 4.72 Å². The fraction of sp³-hybridized carbons (Fsp3) is 0.750. The number of piperidine rings is 1. The zero-order valence-corrected chi connectivity index (χ0v) is 14.5. The Balaban J connectivity index is 1.63. The molecule has 2 aliphatic heterocycles. The molecule has 1 unspecified atom stereocenters. The standard InChI is InChI=1S/C16H26N2O4S/c1-2-23(19,20)17-15-13-22-10-6-16(15)4-7-18(8-5-16)11-14-3-9-21-12-14/h3,9,12,15,17H,2,4-8,10-11,13H2,1H3. The van der Waals surface area contributed by atoms with Crippen molar-refractivity contribution >= 4 is 10.0 Å². The van der Waals surface area contributed by atoms with Gasteiger partial charge in [-0.1, -0.05) is 0 Å². The van der Waals surface area contributed by atoms with Gasteiger partial charge in [-0.25, -0.2) is 13.1 Å². The maximum Gasteiger partial charge on any atom is 0.211 e. The van der Waals surface area contributed by atoms with Crippen molar-refractivity contribution in [2.45, 2.75) is 38.8 Å². The van der Waals surface area contributed by atoms with Crippen LogP contribution in [0.25, 0.3) is 0 Å². The van der Waals surface area contributed by atoms with Gasteiger partial charge in [-0.3, -0.25) is 4.90 Å². The van der Waals surface area contributed by atoms with E-state index in [1.807, 2.05) is 6.07 Å². The number of hydrogen-bond acceptors (Lipinski definition) is 5. The minimum atomic E-state index is -3.21. The Morgan fingerprint density at radius 1 is 1.35 bits per heavy atom. The Hall–Kier alpha value is -0.890. The van der Waals surface area contributed by atoms with Gasteiger partial charge in [0.15, 0.2) is 0 Å². The summed E-state index contributed by atoms with van der Waals surface area (Å²) in [6, 6.07) is 1.90. The summed E-state index contributed by atoms with van der Waals surface area (Å²) >= 11 is 0. The number of sulfonamides is 1. The zero-order chi connectivity index (χ0) is 16.3. The average Bonchev–Trinajstić information content (AvgIpc) is 3.05. The first-order valence-corrected chi connectivity index (χ1v) is 9.99. The zero-order valence-electron chi connectivity index (χ0n) is 13.7. The molecule has 1 aromatic heterocycles. The Kier molecular flexibility index (Phi) is 5.10. The van der Waals surface area contributed by atoms with Crippen LogP contribution in [0, 0.1) is 5.41 Å². The summed E-state index contributed by atoms with van der Waals surface area (Å²) in [6.07, 6.45) is 6.44. The van der Waals surface area contributed by atoms with Crippen molar-refractivity contribution < 1.29 is 17.6 Å². The Labute approximate surface area is 138 Å². The molecule has 2 fully saturated rings. The van der Waals surface area contributed by atoms with Gasteiger partial charge in [-0.2, -0.15) is 0 Å². The Morgan fingerprint density at radius 2 is 2.13 bits per heavy atom. The third-order valence-electron chi connectivity index (χ3n) is 5.31. The molecule has 0 amide bonds. The van der Waals surface area contributed by atoms with E-state index >= 15 is 0 Å². The van der Waals surface area contributed by atoms with Gasteiger partial charge in [0, 0.05) is 18.7 Å². The number of rotatable bonds is 5. The first-order valence-electron chi connectivity index (χ1n) is 8.34. The molecular weight excluding hydrogens is 316 g/mol. The van der Waals surface area contributed by atoms with E-state index in [4.69, 9.17) is 9.15 Å². The summed E-state index contributed by atoms with van der Waals surface area (Å²) in [6.45, 7) is 5.75. The van der Waals surface area contributed by atoms with E-state index in [-0.39, 0.29) is 17.2 Å². The second kappa shape index (κ2) is 6.93. The normalized spacial score (nSPS) is 25.7. The predicted molar refractivity (Wildman–Crippen MR) is 87.5 cm³/mol. The van der Waals surface area contributed by atoms with E-state index in [9.17, 15) is 8.42 Å². The summed E-state index contributed by atoms with van der Waals surface area (Å²) in [4.78, 5) is 2.41. The smallest absolute Gasteiger partial charge is 0.211 e. The molecule has 1 N–H and O–H groups in total. The highest BCUT2D eigenvalue weighted by Gasteiger charge is 2.44. The van der Waals surface area contributed by atoms with Crippen LogP contribution in [0.5, 0.6) is 0 Å². The molecule has 3 rings (SSSR count). The molecule has 1 spiro atoms. The summed E-state index contributed by atoms with van der Waals surface area (Å²) in [7, 11) is -3.21. The lowest BCUT2D eigenvalue weighted by Gasteiger charge is -2.49. The molecule has 0 radical (unpaired) electrons. The average molecular weight is 342 g/mol. The molecule has 2 aliphatic rings. The van der Waals surface area contributed by atoms with Crippen molar-refractivity contribution in [2.75, 3.05) is 32.1 Å². The van der Waals surface area contributed by atoms with Gasteiger partial charge in [0.05, 0.1) is 30.9 Å². The van der Waals surface area contributed by atoms with Crippen molar-refractivity contribution in [3.05, 3.63) is 24.2 Å². The molecule has 1 aromatic rings. The van der Waals surface area contributed by atoms with Crippen molar-refractivity contribution in [1.82, 2.24) is 9.62 Å². The van der Waals surface area contributed by atoms with Crippen molar-refractivity contribution in [1.29, 1.82) is 0 Å².